The number of benzene rings is 1. The van der Waals surface area contributed by atoms with Crippen molar-refractivity contribution in [1.82, 2.24) is 9.97 Å². The molecule has 0 amide bonds. The van der Waals surface area contributed by atoms with E-state index in [4.69, 9.17) is 0 Å². The largest absolute Gasteiger partial charge is 0.344 e. The van der Waals surface area contributed by atoms with Gasteiger partial charge in [0.25, 0.3) is 0 Å². The molecule has 3 aromatic rings. The van der Waals surface area contributed by atoms with Crippen LogP contribution in [-0.4, -0.2) is 9.97 Å². The van der Waals surface area contributed by atoms with Gasteiger partial charge in [-0.1, -0.05) is 24.3 Å². The molecule has 2 nitrogen and oxygen atoms in total. The van der Waals surface area contributed by atoms with Gasteiger partial charge in [-0.25, -0.2) is 9.37 Å². The average molecular weight is 280 g/mol. The lowest BCUT2D eigenvalue weighted by molar-refractivity contribution is 0.614. The monoisotopic (exact) mass is 280 g/mol. The van der Waals surface area contributed by atoms with Crippen molar-refractivity contribution in [1.29, 1.82) is 0 Å². The lowest BCUT2D eigenvalue weighted by atomic mass is 10.0. The Labute approximate surface area is 123 Å². The number of aryl methyl sites for hydroxylation is 1. The van der Waals surface area contributed by atoms with Crippen molar-refractivity contribution in [3.63, 3.8) is 0 Å². The molecule has 0 spiro atoms. The molecule has 0 aliphatic heterocycles. The van der Waals surface area contributed by atoms with Gasteiger partial charge < -0.3 is 4.98 Å². The van der Waals surface area contributed by atoms with E-state index >= 15 is 0 Å². The van der Waals surface area contributed by atoms with E-state index in [2.05, 4.69) is 16.5 Å². The number of rotatable bonds is 3. The lowest BCUT2D eigenvalue weighted by Gasteiger charge is -2.06. The molecule has 3 rings (SSSR count). The molecule has 0 saturated carbocycles. The first-order valence-corrected chi connectivity index (χ1v) is 6.91. The predicted molar refractivity (Wildman–Crippen MR) is 84.7 cm³/mol. The summed E-state index contributed by atoms with van der Waals surface area (Å²) >= 11 is 0. The number of hydrogen-bond donors (Lipinski definition) is 1. The molecule has 0 saturated heterocycles. The standard InChI is InChI=1S/C18H17FN2/c1-11(2)6-14-5-4-13(9-17(14)19)16-8-15-7-12(3)21-18(15)20-10-16/h4-5,7-10H,1,6H2,2-3H3,(H,20,21). The Morgan fingerprint density at radius 3 is 2.76 bits per heavy atom. The SMILES string of the molecule is C=C(C)Cc1ccc(-c2cnc3[nH]c(C)cc3c2)cc1F. The van der Waals surface area contributed by atoms with Gasteiger partial charge in [0.1, 0.15) is 11.5 Å². The molecule has 0 fully saturated rings. The van der Waals surface area contributed by atoms with E-state index in [0.717, 1.165) is 33.4 Å². The Balaban J connectivity index is 2.01. The van der Waals surface area contributed by atoms with E-state index in [9.17, 15) is 4.39 Å². The van der Waals surface area contributed by atoms with Crippen LogP contribution in [0.4, 0.5) is 4.39 Å². The number of pyridine rings is 1. The molecule has 0 aliphatic rings. The molecular formula is C18H17FN2. The third-order valence-electron chi connectivity index (χ3n) is 3.48. The summed E-state index contributed by atoms with van der Waals surface area (Å²) in [5.41, 5.74) is 5.31. The van der Waals surface area contributed by atoms with Crippen molar-refractivity contribution in [2.24, 2.45) is 0 Å². The van der Waals surface area contributed by atoms with Gasteiger partial charge in [-0.3, -0.25) is 0 Å². The number of aromatic nitrogens is 2. The van der Waals surface area contributed by atoms with Crippen molar-refractivity contribution < 1.29 is 4.39 Å². The number of fused-ring (bicyclic) bond motifs is 1. The molecule has 0 bridgehead atoms. The third kappa shape index (κ3) is 2.72. The highest BCUT2D eigenvalue weighted by Crippen LogP contribution is 2.25. The van der Waals surface area contributed by atoms with Crippen molar-refractivity contribution in [3.05, 3.63) is 65.8 Å². The topological polar surface area (TPSA) is 28.7 Å². The van der Waals surface area contributed by atoms with Crippen LogP contribution in [0.1, 0.15) is 18.2 Å². The number of nitrogens with one attached hydrogen (secondary N) is 1. The number of aromatic amines is 1. The van der Waals surface area contributed by atoms with Crippen LogP contribution in [0.15, 0.2) is 48.7 Å². The van der Waals surface area contributed by atoms with Crippen molar-refractivity contribution >= 4 is 11.0 Å². The number of H-pyrrole nitrogens is 1. The molecule has 0 atom stereocenters. The van der Waals surface area contributed by atoms with Crippen LogP contribution < -0.4 is 0 Å². The summed E-state index contributed by atoms with van der Waals surface area (Å²) in [5.74, 6) is -0.194. The Bertz CT molecular complexity index is 830. The summed E-state index contributed by atoms with van der Waals surface area (Å²) in [6.45, 7) is 7.72. The van der Waals surface area contributed by atoms with Crippen LogP contribution in [0.3, 0.4) is 0 Å². The number of halogens is 1. The Hall–Kier alpha value is -2.42. The summed E-state index contributed by atoms with van der Waals surface area (Å²) in [6.07, 6.45) is 2.34. The first kappa shape index (κ1) is 13.6. The summed E-state index contributed by atoms with van der Waals surface area (Å²) in [6, 6.07) is 9.40. The van der Waals surface area contributed by atoms with Gasteiger partial charge in [0.2, 0.25) is 0 Å². The highest BCUT2D eigenvalue weighted by Gasteiger charge is 2.07. The molecule has 3 heteroatoms. The quantitative estimate of drug-likeness (QED) is 0.686. The summed E-state index contributed by atoms with van der Waals surface area (Å²) < 4.78 is 14.1. The molecule has 2 aromatic heterocycles. The number of hydrogen-bond acceptors (Lipinski definition) is 1. The summed E-state index contributed by atoms with van der Waals surface area (Å²) in [5, 5.41) is 1.04. The van der Waals surface area contributed by atoms with Gasteiger partial charge >= 0.3 is 0 Å². The van der Waals surface area contributed by atoms with Gasteiger partial charge in [-0.2, -0.15) is 0 Å². The van der Waals surface area contributed by atoms with E-state index in [0.29, 0.717) is 12.0 Å². The molecular weight excluding hydrogens is 263 g/mol. The molecule has 0 aliphatic carbocycles. The van der Waals surface area contributed by atoms with Crippen molar-refractivity contribution in [3.8, 4) is 11.1 Å². The maximum Gasteiger partial charge on any atom is 0.137 e. The molecule has 0 radical (unpaired) electrons. The minimum absolute atomic E-state index is 0.194. The van der Waals surface area contributed by atoms with Crippen LogP contribution in [0.25, 0.3) is 22.2 Å². The Kier molecular flexibility index (Phi) is 3.34. The molecule has 2 heterocycles. The van der Waals surface area contributed by atoms with E-state index < -0.39 is 0 Å². The average Bonchev–Trinajstić information content (AvgIpc) is 2.79. The van der Waals surface area contributed by atoms with Gasteiger partial charge in [0, 0.05) is 22.8 Å². The normalized spacial score (nSPS) is 11.0. The minimum Gasteiger partial charge on any atom is -0.344 e. The summed E-state index contributed by atoms with van der Waals surface area (Å²) in [4.78, 5) is 7.57. The van der Waals surface area contributed by atoms with Gasteiger partial charge in [0.05, 0.1) is 0 Å². The zero-order valence-electron chi connectivity index (χ0n) is 12.2. The smallest absolute Gasteiger partial charge is 0.137 e. The molecule has 1 aromatic carbocycles. The fraction of sp³-hybridized carbons (Fsp3) is 0.167. The number of nitrogens with zero attached hydrogens (tertiary/aromatic N) is 1. The van der Waals surface area contributed by atoms with Crippen LogP contribution in [0, 0.1) is 12.7 Å². The highest BCUT2D eigenvalue weighted by atomic mass is 19.1. The first-order valence-electron chi connectivity index (χ1n) is 6.91. The van der Waals surface area contributed by atoms with Crippen molar-refractivity contribution in [2.75, 3.05) is 0 Å². The molecule has 106 valence electrons. The zero-order chi connectivity index (χ0) is 15.0. The summed E-state index contributed by atoms with van der Waals surface area (Å²) in [7, 11) is 0. The minimum atomic E-state index is -0.194. The molecule has 21 heavy (non-hydrogen) atoms. The van der Waals surface area contributed by atoms with Crippen molar-refractivity contribution in [2.45, 2.75) is 20.3 Å². The second-order valence-electron chi connectivity index (χ2n) is 5.55. The van der Waals surface area contributed by atoms with E-state index in [1.165, 1.54) is 0 Å². The predicted octanol–water partition coefficient (Wildman–Crippen LogP) is 4.80. The second-order valence-corrected chi connectivity index (χ2v) is 5.55. The maximum atomic E-state index is 14.1. The van der Waals surface area contributed by atoms with Crippen LogP contribution >= 0.6 is 0 Å². The van der Waals surface area contributed by atoms with Crippen LogP contribution in [0.5, 0.6) is 0 Å². The Morgan fingerprint density at radius 1 is 1.24 bits per heavy atom. The fourth-order valence-corrected chi connectivity index (χ4v) is 2.51. The van der Waals surface area contributed by atoms with E-state index in [1.54, 1.807) is 12.3 Å². The zero-order valence-corrected chi connectivity index (χ0v) is 12.2. The van der Waals surface area contributed by atoms with Gasteiger partial charge in [0.15, 0.2) is 0 Å². The molecule has 1 N–H and O–H groups in total. The second kappa shape index (κ2) is 5.17. The van der Waals surface area contributed by atoms with Crippen LogP contribution in [-0.2, 0) is 6.42 Å². The van der Waals surface area contributed by atoms with Gasteiger partial charge in [-0.15, -0.1) is 0 Å². The number of allylic oxidation sites excluding steroid dienone is 1. The van der Waals surface area contributed by atoms with Gasteiger partial charge in [-0.05, 0) is 49.6 Å². The third-order valence-corrected chi connectivity index (χ3v) is 3.48. The van der Waals surface area contributed by atoms with Crippen LogP contribution in [0.2, 0.25) is 0 Å². The Morgan fingerprint density at radius 2 is 2.05 bits per heavy atom. The molecule has 0 unspecified atom stereocenters. The fourth-order valence-electron chi connectivity index (χ4n) is 2.51. The highest BCUT2D eigenvalue weighted by molar-refractivity contribution is 5.82. The first-order chi connectivity index (χ1) is 10.0. The lowest BCUT2D eigenvalue weighted by Crippen LogP contribution is -1.92. The van der Waals surface area contributed by atoms with E-state index in [1.807, 2.05) is 38.1 Å². The van der Waals surface area contributed by atoms with E-state index in [-0.39, 0.29) is 5.82 Å². The maximum absolute atomic E-state index is 14.1.